The summed E-state index contributed by atoms with van der Waals surface area (Å²) < 4.78 is 1.60. The van der Waals surface area contributed by atoms with E-state index < -0.39 is 0 Å². The Morgan fingerprint density at radius 1 is 1.07 bits per heavy atom. The summed E-state index contributed by atoms with van der Waals surface area (Å²) in [6.07, 6.45) is 0.276. The first-order valence-corrected chi connectivity index (χ1v) is 10.1. The Kier molecular flexibility index (Phi) is 5.11. The third-order valence-corrected chi connectivity index (χ3v) is 5.69. The van der Waals surface area contributed by atoms with Crippen LogP contribution in [0.1, 0.15) is 13.3 Å². The van der Waals surface area contributed by atoms with E-state index in [1.807, 2.05) is 47.8 Å². The van der Waals surface area contributed by atoms with Crippen LogP contribution in [-0.2, 0) is 11.3 Å². The summed E-state index contributed by atoms with van der Waals surface area (Å²) >= 11 is 7.46. The number of nitrogens with zero attached hydrogens (tertiary/aromatic N) is 2. The molecule has 2 heterocycles. The average Bonchev–Trinajstić information content (AvgIpc) is 3.12. The van der Waals surface area contributed by atoms with Crippen LogP contribution in [0.25, 0.3) is 32.7 Å². The molecule has 0 amide bonds. The van der Waals surface area contributed by atoms with Crippen molar-refractivity contribution in [3.63, 3.8) is 0 Å². The maximum atomic E-state index is 13.4. The molecule has 0 aliphatic rings. The fraction of sp³-hybridized carbons (Fsp3) is 0.136. The van der Waals surface area contributed by atoms with E-state index >= 15 is 0 Å². The number of halogens is 1. The minimum Gasteiger partial charge on any atom is -0.300 e. The van der Waals surface area contributed by atoms with Crippen LogP contribution in [0.4, 0.5) is 0 Å². The zero-order chi connectivity index (χ0) is 19.7. The maximum absolute atomic E-state index is 13.4. The predicted octanol–water partition coefficient (Wildman–Crippen LogP) is 5.42. The Hall–Kier alpha value is -2.76. The lowest BCUT2D eigenvalue weighted by Gasteiger charge is -2.12. The van der Waals surface area contributed by atoms with Gasteiger partial charge in [0.1, 0.15) is 16.4 Å². The molecule has 0 N–H and O–H groups in total. The van der Waals surface area contributed by atoms with Crippen molar-refractivity contribution in [3.8, 4) is 22.5 Å². The molecular weight excluding hydrogens is 392 g/mol. The van der Waals surface area contributed by atoms with Crippen molar-refractivity contribution < 1.29 is 4.79 Å². The molecule has 140 valence electrons. The zero-order valence-corrected chi connectivity index (χ0v) is 16.8. The zero-order valence-electron chi connectivity index (χ0n) is 15.2. The Labute approximate surface area is 171 Å². The van der Waals surface area contributed by atoms with Gasteiger partial charge in [0, 0.05) is 34.5 Å². The van der Waals surface area contributed by atoms with Gasteiger partial charge in [0.05, 0.1) is 5.39 Å². The summed E-state index contributed by atoms with van der Waals surface area (Å²) in [4.78, 5) is 30.5. The Morgan fingerprint density at radius 2 is 1.79 bits per heavy atom. The molecule has 0 radical (unpaired) electrons. The molecule has 0 fully saturated rings. The maximum Gasteiger partial charge on any atom is 0.263 e. The first kappa shape index (κ1) is 18.6. The van der Waals surface area contributed by atoms with Crippen LogP contribution < -0.4 is 5.56 Å². The second-order valence-corrected chi connectivity index (χ2v) is 7.84. The summed E-state index contributed by atoms with van der Waals surface area (Å²) in [6.45, 7) is 1.82. The average molecular weight is 409 g/mol. The number of rotatable bonds is 5. The Balaban J connectivity index is 1.97. The van der Waals surface area contributed by atoms with Crippen LogP contribution in [0.5, 0.6) is 0 Å². The van der Waals surface area contributed by atoms with Gasteiger partial charge in [-0.1, -0.05) is 41.9 Å². The molecule has 6 heteroatoms. The van der Waals surface area contributed by atoms with Gasteiger partial charge >= 0.3 is 0 Å². The van der Waals surface area contributed by atoms with Gasteiger partial charge in [0.15, 0.2) is 0 Å². The number of hydrogen-bond donors (Lipinski definition) is 0. The fourth-order valence-electron chi connectivity index (χ4n) is 3.15. The van der Waals surface area contributed by atoms with Crippen LogP contribution >= 0.6 is 22.9 Å². The summed E-state index contributed by atoms with van der Waals surface area (Å²) in [6, 6.07) is 17.0. The molecule has 0 aliphatic carbocycles. The smallest absolute Gasteiger partial charge is 0.263 e. The van der Waals surface area contributed by atoms with E-state index in [-0.39, 0.29) is 17.8 Å². The number of aromatic nitrogens is 2. The van der Waals surface area contributed by atoms with Crippen LogP contribution in [0.3, 0.4) is 0 Å². The van der Waals surface area contributed by atoms with Crippen molar-refractivity contribution in [1.29, 1.82) is 0 Å². The van der Waals surface area contributed by atoms with Crippen LogP contribution in [0.15, 0.2) is 64.8 Å². The van der Waals surface area contributed by atoms with Gasteiger partial charge in [-0.05, 0) is 36.8 Å². The molecule has 4 aromatic rings. The number of benzene rings is 2. The van der Waals surface area contributed by atoms with Crippen molar-refractivity contribution in [2.75, 3.05) is 0 Å². The van der Waals surface area contributed by atoms with E-state index in [0.717, 1.165) is 16.7 Å². The first-order valence-electron chi connectivity index (χ1n) is 8.87. The molecule has 0 aliphatic heterocycles. The lowest BCUT2D eigenvalue weighted by molar-refractivity contribution is -0.117. The molecule has 2 aromatic carbocycles. The Morgan fingerprint density at radius 3 is 2.46 bits per heavy atom. The Bertz CT molecular complexity index is 1210. The lowest BCUT2D eigenvalue weighted by atomic mass is 10.1. The van der Waals surface area contributed by atoms with E-state index in [1.54, 1.807) is 16.7 Å². The third-order valence-electron chi connectivity index (χ3n) is 4.57. The molecule has 0 saturated heterocycles. The van der Waals surface area contributed by atoms with Crippen LogP contribution in [-0.4, -0.2) is 15.3 Å². The molecule has 4 nitrogen and oxygen atoms in total. The van der Waals surface area contributed by atoms with E-state index in [4.69, 9.17) is 16.6 Å². The van der Waals surface area contributed by atoms with E-state index in [1.165, 1.54) is 18.3 Å². The molecule has 28 heavy (non-hydrogen) atoms. The molecule has 0 unspecified atom stereocenters. The number of hydrogen-bond acceptors (Lipinski definition) is 4. The van der Waals surface area contributed by atoms with Gasteiger partial charge in [-0.3, -0.25) is 14.2 Å². The summed E-state index contributed by atoms with van der Waals surface area (Å²) in [7, 11) is 0. The van der Waals surface area contributed by atoms with Crippen molar-refractivity contribution in [3.05, 3.63) is 75.4 Å². The number of ketones is 1. The first-order chi connectivity index (χ1) is 13.5. The van der Waals surface area contributed by atoms with Gasteiger partial charge in [-0.2, -0.15) is 0 Å². The molecular formula is C22H17ClN2O2S. The number of carbonyl (C=O) groups excluding carboxylic acids is 1. The number of Topliss-reactive ketones (excluding diaryl/α,β-unsaturated/α-hetero) is 1. The van der Waals surface area contributed by atoms with Gasteiger partial charge in [-0.15, -0.1) is 11.3 Å². The highest BCUT2D eigenvalue weighted by molar-refractivity contribution is 7.17. The number of fused-ring (bicyclic) bond motifs is 1. The summed E-state index contributed by atoms with van der Waals surface area (Å²) in [5.74, 6) is 0.583. The van der Waals surface area contributed by atoms with Crippen LogP contribution in [0, 0.1) is 0 Å². The van der Waals surface area contributed by atoms with Crippen molar-refractivity contribution in [2.45, 2.75) is 19.9 Å². The standard InChI is InChI=1S/C22H17ClN2O2S/c1-14(26)11-12-25-20(16-7-9-17(23)10-8-16)24-21-19(22(25)27)18(13-28-21)15-5-3-2-4-6-15/h2-10,13H,11-12H2,1H3. The van der Waals surface area contributed by atoms with Crippen molar-refractivity contribution in [1.82, 2.24) is 9.55 Å². The van der Waals surface area contributed by atoms with Gasteiger partial charge in [-0.25, -0.2) is 4.98 Å². The number of carbonyl (C=O) groups is 1. The summed E-state index contributed by atoms with van der Waals surface area (Å²) in [5, 5.41) is 3.18. The van der Waals surface area contributed by atoms with Crippen molar-refractivity contribution >= 4 is 38.9 Å². The quantitative estimate of drug-likeness (QED) is 0.442. The second-order valence-electron chi connectivity index (χ2n) is 6.55. The fourth-order valence-corrected chi connectivity index (χ4v) is 4.21. The molecule has 0 saturated carbocycles. The normalized spacial score (nSPS) is 11.1. The third kappa shape index (κ3) is 3.51. The number of thiophene rings is 1. The molecule has 0 atom stereocenters. The molecule has 2 aromatic heterocycles. The van der Waals surface area contributed by atoms with Crippen LogP contribution in [0.2, 0.25) is 5.02 Å². The van der Waals surface area contributed by atoms with Crippen molar-refractivity contribution in [2.24, 2.45) is 0 Å². The van der Waals surface area contributed by atoms with E-state index in [9.17, 15) is 9.59 Å². The SMILES string of the molecule is CC(=O)CCn1c(-c2ccc(Cl)cc2)nc2scc(-c3ccccc3)c2c1=O. The van der Waals surface area contributed by atoms with Gasteiger partial charge < -0.3 is 0 Å². The minimum atomic E-state index is -0.128. The highest BCUT2D eigenvalue weighted by atomic mass is 35.5. The summed E-state index contributed by atoms with van der Waals surface area (Å²) in [5.41, 5.74) is 2.51. The minimum absolute atomic E-state index is 0.0302. The monoisotopic (exact) mass is 408 g/mol. The second kappa shape index (κ2) is 7.70. The molecule has 0 bridgehead atoms. The largest absolute Gasteiger partial charge is 0.300 e. The predicted molar refractivity (Wildman–Crippen MR) is 115 cm³/mol. The lowest BCUT2D eigenvalue weighted by Crippen LogP contribution is -2.24. The molecule has 0 spiro atoms. The topological polar surface area (TPSA) is 52.0 Å². The van der Waals surface area contributed by atoms with E-state index in [0.29, 0.717) is 27.6 Å². The highest BCUT2D eigenvalue weighted by Crippen LogP contribution is 2.32. The highest BCUT2D eigenvalue weighted by Gasteiger charge is 2.18. The molecule has 4 rings (SSSR count). The van der Waals surface area contributed by atoms with Gasteiger partial charge in [0.2, 0.25) is 0 Å². The van der Waals surface area contributed by atoms with Gasteiger partial charge in [0.25, 0.3) is 5.56 Å². The van der Waals surface area contributed by atoms with E-state index in [2.05, 4.69) is 0 Å².